The van der Waals surface area contributed by atoms with Gasteiger partial charge in [0.05, 0.1) is 23.1 Å². The molecule has 1 unspecified atom stereocenters. The summed E-state index contributed by atoms with van der Waals surface area (Å²) in [6.07, 6.45) is -4.47. The lowest BCUT2D eigenvalue weighted by atomic mass is 10.1. The topological polar surface area (TPSA) is 61.9 Å². The molecule has 4 rings (SSSR count). The molecule has 0 aromatic heterocycles. The highest BCUT2D eigenvalue weighted by molar-refractivity contribution is 8.01. The standard InChI is InChI=1S/C24H26F3N3O3S/c1-2-33-18-6-3-16(4-7-18)15-29-9-11-30(12-10-29)22(31)14-21-23(32)28-19-13-17(24(25,26)27)5-8-20(19)34-21/h3-8,13,21H,2,9-12,14-15H2,1H3,(H,28,32). The van der Waals surface area contributed by atoms with Crippen LogP contribution in [0.5, 0.6) is 5.75 Å². The molecule has 1 saturated heterocycles. The number of piperazine rings is 1. The van der Waals surface area contributed by atoms with Crippen molar-refractivity contribution in [2.45, 2.75) is 36.2 Å². The number of ether oxygens (including phenoxy) is 1. The Hall–Kier alpha value is -2.72. The van der Waals surface area contributed by atoms with E-state index in [-0.39, 0.29) is 18.0 Å². The van der Waals surface area contributed by atoms with Gasteiger partial charge in [-0.25, -0.2) is 0 Å². The van der Waals surface area contributed by atoms with Crippen LogP contribution < -0.4 is 10.1 Å². The highest BCUT2D eigenvalue weighted by atomic mass is 32.2. The molecule has 0 bridgehead atoms. The van der Waals surface area contributed by atoms with E-state index in [9.17, 15) is 22.8 Å². The Morgan fingerprint density at radius 3 is 2.47 bits per heavy atom. The fourth-order valence-corrected chi connectivity index (χ4v) is 5.10. The van der Waals surface area contributed by atoms with Crippen molar-refractivity contribution < 1.29 is 27.5 Å². The normalized spacial score (nSPS) is 18.9. The second-order valence-corrected chi connectivity index (χ2v) is 9.49. The minimum absolute atomic E-state index is 0.00977. The number of amides is 2. The lowest BCUT2D eigenvalue weighted by Crippen LogP contribution is -2.49. The Kier molecular flexibility index (Phi) is 7.37. The Labute approximate surface area is 200 Å². The fourth-order valence-electron chi connectivity index (χ4n) is 4.02. The van der Waals surface area contributed by atoms with E-state index in [1.54, 1.807) is 4.90 Å². The van der Waals surface area contributed by atoms with Gasteiger partial charge in [-0.05, 0) is 42.8 Å². The second kappa shape index (κ2) is 10.3. The minimum Gasteiger partial charge on any atom is -0.494 e. The second-order valence-electron chi connectivity index (χ2n) is 8.24. The third-order valence-electron chi connectivity index (χ3n) is 5.85. The van der Waals surface area contributed by atoms with Gasteiger partial charge in [0.15, 0.2) is 0 Å². The maximum absolute atomic E-state index is 12.9. The van der Waals surface area contributed by atoms with E-state index in [4.69, 9.17) is 4.74 Å². The van der Waals surface area contributed by atoms with Gasteiger partial charge in [-0.1, -0.05) is 12.1 Å². The predicted octanol–water partition coefficient (Wildman–Crippen LogP) is 4.25. The van der Waals surface area contributed by atoms with Crippen molar-refractivity contribution in [1.29, 1.82) is 0 Å². The van der Waals surface area contributed by atoms with Crippen LogP contribution in [0.15, 0.2) is 47.4 Å². The first kappa shape index (κ1) is 24.4. The summed E-state index contributed by atoms with van der Waals surface area (Å²) in [7, 11) is 0. The van der Waals surface area contributed by atoms with Gasteiger partial charge in [-0.2, -0.15) is 13.2 Å². The van der Waals surface area contributed by atoms with Crippen molar-refractivity contribution in [2.24, 2.45) is 0 Å². The maximum atomic E-state index is 12.9. The molecular formula is C24H26F3N3O3S. The van der Waals surface area contributed by atoms with Crippen LogP contribution in [-0.2, 0) is 22.3 Å². The molecule has 0 spiro atoms. The molecular weight excluding hydrogens is 467 g/mol. The molecule has 1 N–H and O–H groups in total. The third kappa shape index (κ3) is 5.85. The molecule has 2 aromatic carbocycles. The van der Waals surface area contributed by atoms with Crippen molar-refractivity contribution in [1.82, 2.24) is 9.80 Å². The van der Waals surface area contributed by atoms with E-state index >= 15 is 0 Å². The molecule has 2 aliphatic heterocycles. The molecule has 1 fully saturated rings. The van der Waals surface area contributed by atoms with E-state index in [1.807, 2.05) is 31.2 Å². The van der Waals surface area contributed by atoms with Gasteiger partial charge in [0, 0.05) is 44.0 Å². The smallest absolute Gasteiger partial charge is 0.416 e. The third-order valence-corrected chi connectivity index (χ3v) is 7.13. The number of nitrogens with one attached hydrogen (secondary N) is 1. The molecule has 34 heavy (non-hydrogen) atoms. The zero-order valence-electron chi connectivity index (χ0n) is 18.7. The first-order valence-electron chi connectivity index (χ1n) is 11.1. The van der Waals surface area contributed by atoms with Gasteiger partial charge in [0.2, 0.25) is 11.8 Å². The minimum atomic E-state index is -4.48. The van der Waals surface area contributed by atoms with Crippen molar-refractivity contribution >= 4 is 29.3 Å². The van der Waals surface area contributed by atoms with Gasteiger partial charge < -0.3 is 15.0 Å². The van der Waals surface area contributed by atoms with E-state index in [0.29, 0.717) is 24.6 Å². The first-order chi connectivity index (χ1) is 16.2. The number of alkyl halides is 3. The monoisotopic (exact) mass is 493 g/mol. The summed E-state index contributed by atoms with van der Waals surface area (Å²) in [6.45, 7) is 5.95. The summed E-state index contributed by atoms with van der Waals surface area (Å²) in [4.78, 5) is 29.8. The molecule has 0 radical (unpaired) electrons. The number of hydrogen-bond donors (Lipinski definition) is 1. The summed E-state index contributed by atoms with van der Waals surface area (Å²) in [5.41, 5.74) is 0.493. The number of fused-ring (bicyclic) bond motifs is 1. The van der Waals surface area contributed by atoms with E-state index < -0.39 is 22.9 Å². The average Bonchev–Trinajstić information content (AvgIpc) is 2.80. The van der Waals surface area contributed by atoms with Crippen LogP contribution >= 0.6 is 11.8 Å². The number of carbonyl (C=O) groups excluding carboxylic acids is 2. The lowest BCUT2D eigenvalue weighted by Gasteiger charge is -2.35. The SMILES string of the molecule is CCOc1ccc(CN2CCN(C(=O)CC3Sc4ccc(C(F)(F)F)cc4NC3=O)CC2)cc1. The first-order valence-corrected chi connectivity index (χ1v) is 12.0. The van der Waals surface area contributed by atoms with Gasteiger partial charge in [0.25, 0.3) is 0 Å². The molecule has 2 amide bonds. The summed E-state index contributed by atoms with van der Waals surface area (Å²) in [6, 6.07) is 11.3. The number of nitrogens with zero attached hydrogens (tertiary/aromatic N) is 2. The Balaban J connectivity index is 1.28. The van der Waals surface area contributed by atoms with Crippen molar-refractivity contribution in [3.05, 3.63) is 53.6 Å². The number of hydrogen-bond acceptors (Lipinski definition) is 5. The average molecular weight is 494 g/mol. The van der Waals surface area contributed by atoms with Crippen LogP contribution in [0.3, 0.4) is 0 Å². The largest absolute Gasteiger partial charge is 0.494 e. The molecule has 2 aromatic rings. The van der Waals surface area contributed by atoms with E-state index in [1.165, 1.54) is 11.6 Å². The number of thioether (sulfide) groups is 1. The molecule has 10 heteroatoms. The zero-order valence-corrected chi connectivity index (χ0v) is 19.5. The van der Waals surface area contributed by atoms with Crippen LogP contribution in [0.1, 0.15) is 24.5 Å². The molecule has 182 valence electrons. The summed E-state index contributed by atoms with van der Waals surface area (Å²) in [5, 5.41) is 1.86. The highest BCUT2D eigenvalue weighted by Gasteiger charge is 2.35. The number of rotatable bonds is 6. The van der Waals surface area contributed by atoms with Gasteiger partial charge in [0.1, 0.15) is 5.75 Å². The van der Waals surface area contributed by atoms with Crippen molar-refractivity contribution in [3.8, 4) is 5.75 Å². The fraction of sp³-hybridized carbons (Fsp3) is 0.417. The van der Waals surface area contributed by atoms with Crippen LogP contribution in [0, 0.1) is 0 Å². The Morgan fingerprint density at radius 2 is 1.82 bits per heavy atom. The number of benzene rings is 2. The quantitative estimate of drug-likeness (QED) is 0.652. The number of anilines is 1. The van der Waals surface area contributed by atoms with Crippen LogP contribution in [0.2, 0.25) is 0 Å². The molecule has 2 aliphatic rings. The Morgan fingerprint density at radius 1 is 1.12 bits per heavy atom. The van der Waals surface area contributed by atoms with E-state index in [0.717, 1.165) is 49.3 Å². The zero-order chi connectivity index (χ0) is 24.3. The highest BCUT2D eigenvalue weighted by Crippen LogP contribution is 2.40. The molecule has 6 nitrogen and oxygen atoms in total. The lowest BCUT2D eigenvalue weighted by molar-refractivity contribution is -0.137. The number of halogens is 3. The van der Waals surface area contributed by atoms with Crippen LogP contribution in [-0.4, -0.2) is 59.7 Å². The molecule has 1 atom stereocenters. The molecule has 0 saturated carbocycles. The predicted molar refractivity (Wildman–Crippen MR) is 124 cm³/mol. The van der Waals surface area contributed by atoms with Crippen molar-refractivity contribution in [2.75, 3.05) is 38.1 Å². The van der Waals surface area contributed by atoms with Crippen molar-refractivity contribution in [3.63, 3.8) is 0 Å². The summed E-state index contributed by atoms with van der Waals surface area (Å²) in [5.74, 6) is 0.276. The van der Waals surface area contributed by atoms with Crippen LogP contribution in [0.25, 0.3) is 0 Å². The van der Waals surface area contributed by atoms with Gasteiger partial charge in [-0.3, -0.25) is 14.5 Å². The van der Waals surface area contributed by atoms with Crippen LogP contribution in [0.4, 0.5) is 18.9 Å². The summed E-state index contributed by atoms with van der Waals surface area (Å²) >= 11 is 1.14. The Bertz CT molecular complexity index is 1040. The van der Waals surface area contributed by atoms with Gasteiger partial charge in [-0.15, -0.1) is 11.8 Å². The maximum Gasteiger partial charge on any atom is 0.416 e. The summed E-state index contributed by atoms with van der Waals surface area (Å²) < 4.78 is 44.2. The molecule has 0 aliphatic carbocycles. The molecule has 2 heterocycles. The van der Waals surface area contributed by atoms with E-state index in [2.05, 4.69) is 10.2 Å². The number of carbonyl (C=O) groups is 2. The van der Waals surface area contributed by atoms with Gasteiger partial charge >= 0.3 is 6.18 Å².